The smallest absolute Gasteiger partial charge is 0.225 e. The SMILES string of the molecule is CCC(CC)C(=O)N(C)Cc1ccccc1C#CCCO. The Morgan fingerprint density at radius 1 is 1.29 bits per heavy atom. The van der Waals surface area contributed by atoms with Crippen molar-refractivity contribution in [3.63, 3.8) is 0 Å². The molecule has 0 heterocycles. The Kier molecular flexibility index (Phi) is 7.56. The molecule has 0 bridgehead atoms. The van der Waals surface area contributed by atoms with Crippen molar-refractivity contribution in [2.45, 2.75) is 39.7 Å². The Morgan fingerprint density at radius 3 is 2.57 bits per heavy atom. The first-order valence-corrected chi connectivity index (χ1v) is 7.56. The molecular formula is C18H25NO2. The predicted octanol–water partition coefficient (Wildman–Crippen LogP) is 2.82. The summed E-state index contributed by atoms with van der Waals surface area (Å²) < 4.78 is 0. The Morgan fingerprint density at radius 2 is 1.95 bits per heavy atom. The van der Waals surface area contributed by atoms with Gasteiger partial charge in [0.05, 0.1) is 6.61 Å². The van der Waals surface area contributed by atoms with E-state index >= 15 is 0 Å². The van der Waals surface area contributed by atoms with Crippen molar-refractivity contribution in [3.8, 4) is 11.8 Å². The van der Waals surface area contributed by atoms with Gasteiger partial charge in [0.15, 0.2) is 0 Å². The van der Waals surface area contributed by atoms with Crippen LogP contribution in [-0.2, 0) is 11.3 Å². The minimum Gasteiger partial charge on any atom is -0.395 e. The first-order chi connectivity index (χ1) is 10.1. The first kappa shape index (κ1) is 17.3. The lowest BCUT2D eigenvalue weighted by Crippen LogP contribution is -2.32. The van der Waals surface area contributed by atoms with Gasteiger partial charge in [0.25, 0.3) is 0 Å². The summed E-state index contributed by atoms with van der Waals surface area (Å²) in [5, 5.41) is 8.79. The number of benzene rings is 1. The third kappa shape index (κ3) is 5.24. The van der Waals surface area contributed by atoms with Crippen LogP contribution in [0.4, 0.5) is 0 Å². The molecule has 0 saturated carbocycles. The summed E-state index contributed by atoms with van der Waals surface area (Å²) in [6.45, 7) is 4.74. The van der Waals surface area contributed by atoms with Crippen LogP contribution in [-0.4, -0.2) is 29.6 Å². The molecule has 0 spiro atoms. The summed E-state index contributed by atoms with van der Waals surface area (Å²) in [5.41, 5.74) is 1.97. The van der Waals surface area contributed by atoms with Gasteiger partial charge >= 0.3 is 0 Å². The highest BCUT2D eigenvalue weighted by molar-refractivity contribution is 5.78. The predicted molar refractivity (Wildman–Crippen MR) is 85.6 cm³/mol. The molecule has 0 aliphatic heterocycles. The molecule has 21 heavy (non-hydrogen) atoms. The monoisotopic (exact) mass is 287 g/mol. The molecule has 1 N–H and O–H groups in total. The zero-order valence-electron chi connectivity index (χ0n) is 13.2. The topological polar surface area (TPSA) is 40.5 Å². The van der Waals surface area contributed by atoms with E-state index in [0.29, 0.717) is 13.0 Å². The molecule has 0 radical (unpaired) electrons. The van der Waals surface area contributed by atoms with Crippen molar-refractivity contribution in [2.24, 2.45) is 5.92 Å². The fourth-order valence-electron chi connectivity index (χ4n) is 2.28. The zero-order valence-corrected chi connectivity index (χ0v) is 13.2. The quantitative estimate of drug-likeness (QED) is 0.817. The third-order valence-corrected chi connectivity index (χ3v) is 3.60. The van der Waals surface area contributed by atoms with Crippen LogP contribution in [0.1, 0.15) is 44.2 Å². The summed E-state index contributed by atoms with van der Waals surface area (Å²) in [6, 6.07) is 7.85. The van der Waals surface area contributed by atoms with Crippen LogP contribution in [0.2, 0.25) is 0 Å². The number of amides is 1. The van der Waals surface area contributed by atoms with E-state index < -0.39 is 0 Å². The summed E-state index contributed by atoms with van der Waals surface area (Å²) in [5.74, 6) is 6.30. The largest absolute Gasteiger partial charge is 0.395 e. The van der Waals surface area contributed by atoms with Crippen molar-refractivity contribution in [1.82, 2.24) is 4.90 Å². The van der Waals surface area contributed by atoms with Crippen LogP contribution in [0.15, 0.2) is 24.3 Å². The molecule has 0 saturated heterocycles. The molecule has 0 fully saturated rings. The number of rotatable bonds is 6. The number of nitrogens with zero attached hydrogens (tertiary/aromatic N) is 1. The number of carbonyl (C=O) groups is 1. The summed E-state index contributed by atoms with van der Waals surface area (Å²) in [4.78, 5) is 14.1. The van der Waals surface area contributed by atoms with Crippen LogP contribution in [0.25, 0.3) is 0 Å². The lowest BCUT2D eigenvalue weighted by Gasteiger charge is -2.22. The van der Waals surface area contributed by atoms with Gasteiger partial charge in [0.2, 0.25) is 5.91 Å². The van der Waals surface area contributed by atoms with Gasteiger partial charge in [0, 0.05) is 31.5 Å². The second kappa shape index (κ2) is 9.20. The Bertz CT molecular complexity index is 509. The van der Waals surface area contributed by atoms with E-state index in [1.807, 2.05) is 45.2 Å². The average Bonchev–Trinajstić information content (AvgIpc) is 2.50. The molecule has 0 atom stereocenters. The number of hydrogen-bond acceptors (Lipinski definition) is 2. The van der Waals surface area contributed by atoms with Gasteiger partial charge in [-0.25, -0.2) is 0 Å². The van der Waals surface area contributed by atoms with Crippen LogP contribution < -0.4 is 0 Å². The molecule has 1 rings (SSSR count). The minimum absolute atomic E-state index is 0.0717. The van der Waals surface area contributed by atoms with E-state index in [-0.39, 0.29) is 18.4 Å². The van der Waals surface area contributed by atoms with Gasteiger partial charge in [-0.1, -0.05) is 43.9 Å². The van der Waals surface area contributed by atoms with Gasteiger partial charge in [-0.15, -0.1) is 0 Å². The zero-order chi connectivity index (χ0) is 15.7. The standard InChI is InChI=1S/C18H25NO2/c1-4-15(5-2)18(21)19(3)14-17-12-7-6-10-16(17)11-8-9-13-20/h6-7,10,12,15,20H,4-5,9,13-14H2,1-3H3. The lowest BCUT2D eigenvalue weighted by molar-refractivity contribution is -0.134. The highest BCUT2D eigenvalue weighted by Crippen LogP contribution is 2.15. The highest BCUT2D eigenvalue weighted by atomic mass is 16.2. The second-order valence-corrected chi connectivity index (χ2v) is 5.14. The normalized spacial score (nSPS) is 10.1. The van der Waals surface area contributed by atoms with E-state index in [9.17, 15) is 4.79 Å². The fourth-order valence-corrected chi connectivity index (χ4v) is 2.28. The van der Waals surface area contributed by atoms with Crippen LogP contribution >= 0.6 is 0 Å². The van der Waals surface area contributed by atoms with Gasteiger partial charge < -0.3 is 10.0 Å². The molecule has 114 valence electrons. The molecule has 0 aliphatic rings. The molecular weight excluding hydrogens is 262 g/mol. The van der Waals surface area contributed by atoms with Crippen molar-refractivity contribution in [2.75, 3.05) is 13.7 Å². The van der Waals surface area contributed by atoms with Gasteiger partial charge in [0.1, 0.15) is 0 Å². The van der Waals surface area contributed by atoms with Crippen LogP contribution in [0, 0.1) is 17.8 Å². The molecule has 3 heteroatoms. The van der Waals surface area contributed by atoms with Crippen molar-refractivity contribution in [1.29, 1.82) is 0 Å². The summed E-state index contributed by atoms with van der Waals surface area (Å²) in [6.07, 6.45) is 2.21. The van der Waals surface area contributed by atoms with Gasteiger partial charge in [-0.3, -0.25) is 4.79 Å². The first-order valence-electron chi connectivity index (χ1n) is 7.56. The molecule has 1 aromatic rings. The number of aliphatic hydroxyl groups excluding tert-OH is 1. The van der Waals surface area contributed by atoms with Gasteiger partial charge in [-0.05, 0) is 24.5 Å². The maximum Gasteiger partial charge on any atom is 0.225 e. The number of carbonyl (C=O) groups excluding carboxylic acids is 1. The van der Waals surface area contributed by atoms with Crippen molar-refractivity contribution in [3.05, 3.63) is 35.4 Å². The lowest BCUT2D eigenvalue weighted by atomic mass is 10.0. The molecule has 0 unspecified atom stereocenters. The maximum absolute atomic E-state index is 12.3. The molecule has 0 aliphatic carbocycles. The van der Waals surface area contributed by atoms with Crippen LogP contribution in [0.5, 0.6) is 0 Å². The Balaban J connectivity index is 2.83. The fraction of sp³-hybridized carbons (Fsp3) is 0.500. The van der Waals surface area contributed by atoms with E-state index in [1.54, 1.807) is 4.90 Å². The number of aliphatic hydroxyl groups is 1. The maximum atomic E-state index is 12.3. The van der Waals surface area contributed by atoms with E-state index in [4.69, 9.17) is 5.11 Å². The Hall–Kier alpha value is -1.79. The Labute approximate surface area is 128 Å². The average molecular weight is 287 g/mol. The highest BCUT2D eigenvalue weighted by Gasteiger charge is 2.19. The number of hydrogen-bond donors (Lipinski definition) is 1. The summed E-state index contributed by atoms with van der Waals surface area (Å²) >= 11 is 0. The van der Waals surface area contributed by atoms with E-state index in [0.717, 1.165) is 24.0 Å². The van der Waals surface area contributed by atoms with Crippen LogP contribution in [0.3, 0.4) is 0 Å². The van der Waals surface area contributed by atoms with E-state index in [1.165, 1.54) is 0 Å². The second-order valence-electron chi connectivity index (χ2n) is 5.14. The molecule has 3 nitrogen and oxygen atoms in total. The minimum atomic E-state index is 0.0717. The third-order valence-electron chi connectivity index (χ3n) is 3.60. The van der Waals surface area contributed by atoms with Gasteiger partial charge in [-0.2, -0.15) is 0 Å². The molecule has 1 aromatic carbocycles. The van der Waals surface area contributed by atoms with Crippen molar-refractivity contribution < 1.29 is 9.90 Å². The molecule has 0 aromatic heterocycles. The van der Waals surface area contributed by atoms with Crippen molar-refractivity contribution >= 4 is 5.91 Å². The van der Waals surface area contributed by atoms with E-state index in [2.05, 4.69) is 11.8 Å². The summed E-state index contributed by atoms with van der Waals surface area (Å²) in [7, 11) is 1.85. The molecule has 1 amide bonds.